The fraction of sp³-hybridized carbons (Fsp3) is 0.231. The van der Waals surface area contributed by atoms with Gasteiger partial charge in [-0.25, -0.2) is 9.97 Å². The van der Waals surface area contributed by atoms with E-state index >= 15 is 0 Å². The molecule has 0 saturated heterocycles. The Kier molecular flexibility index (Phi) is 2.40. The molecule has 0 radical (unpaired) electrons. The minimum atomic E-state index is 0.416. The molecule has 1 atom stereocenters. The van der Waals surface area contributed by atoms with Crippen molar-refractivity contribution in [2.45, 2.75) is 12.8 Å². The fourth-order valence-corrected chi connectivity index (χ4v) is 1.87. The Morgan fingerprint density at radius 3 is 3.12 bits per heavy atom. The number of benzene rings is 1. The first-order valence-corrected chi connectivity index (χ1v) is 5.53. The molecule has 0 fully saturated rings. The molecular formula is C13H12N2O2. The van der Waals surface area contributed by atoms with Crippen molar-refractivity contribution in [3.8, 4) is 17.4 Å². The lowest BCUT2D eigenvalue weighted by atomic mass is 10.0. The van der Waals surface area contributed by atoms with Gasteiger partial charge < -0.3 is 9.47 Å². The first-order valence-electron chi connectivity index (χ1n) is 5.53. The molecule has 1 aliphatic heterocycles. The van der Waals surface area contributed by atoms with Crippen molar-refractivity contribution in [1.82, 2.24) is 9.97 Å². The number of rotatable bonds is 2. The van der Waals surface area contributed by atoms with E-state index in [1.807, 2.05) is 18.2 Å². The molecule has 0 spiro atoms. The van der Waals surface area contributed by atoms with Crippen LogP contribution >= 0.6 is 0 Å². The predicted octanol–water partition coefficient (Wildman–Crippen LogP) is 2.76. The van der Waals surface area contributed by atoms with Crippen LogP contribution in [0.25, 0.3) is 0 Å². The van der Waals surface area contributed by atoms with E-state index in [-0.39, 0.29) is 0 Å². The third kappa shape index (κ3) is 1.93. The third-order valence-corrected chi connectivity index (χ3v) is 2.78. The van der Waals surface area contributed by atoms with Gasteiger partial charge in [0.1, 0.15) is 17.8 Å². The van der Waals surface area contributed by atoms with Crippen LogP contribution in [0.2, 0.25) is 0 Å². The zero-order chi connectivity index (χ0) is 11.7. The first-order chi connectivity index (χ1) is 8.33. The van der Waals surface area contributed by atoms with Gasteiger partial charge in [-0.2, -0.15) is 0 Å². The summed E-state index contributed by atoms with van der Waals surface area (Å²) in [6.45, 7) is 2.88. The second-order valence-corrected chi connectivity index (χ2v) is 4.06. The fourth-order valence-electron chi connectivity index (χ4n) is 1.87. The largest absolute Gasteiger partial charge is 0.493 e. The van der Waals surface area contributed by atoms with Gasteiger partial charge in [0, 0.05) is 23.7 Å². The highest BCUT2D eigenvalue weighted by Gasteiger charge is 2.20. The minimum Gasteiger partial charge on any atom is -0.493 e. The maximum Gasteiger partial charge on any atom is 0.222 e. The Bertz CT molecular complexity index is 528. The number of nitrogens with zero attached hydrogens (tertiary/aromatic N) is 2. The molecule has 2 aromatic rings. The summed E-state index contributed by atoms with van der Waals surface area (Å²) in [5.41, 5.74) is 1.19. The van der Waals surface area contributed by atoms with Crippen LogP contribution in [0.5, 0.6) is 17.4 Å². The van der Waals surface area contributed by atoms with Crippen LogP contribution < -0.4 is 9.47 Å². The van der Waals surface area contributed by atoms with Crippen molar-refractivity contribution in [1.29, 1.82) is 0 Å². The summed E-state index contributed by atoms with van der Waals surface area (Å²) in [7, 11) is 0. The predicted molar refractivity (Wildman–Crippen MR) is 62.5 cm³/mol. The van der Waals surface area contributed by atoms with Crippen molar-refractivity contribution >= 4 is 0 Å². The molecule has 0 bridgehead atoms. The third-order valence-electron chi connectivity index (χ3n) is 2.78. The number of fused-ring (bicyclic) bond motifs is 1. The van der Waals surface area contributed by atoms with Gasteiger partial charge in [-0.05, 0) is 18.2 Å². The topological polar surface area (TPSA) is 44.2 Å². The van der Waals surface area contributed by atoms with E-state index in [0.717, 1.165) is 18.1 Å². The first kappa shape index (κ1) is 10.1. The second-order valence-electron chi connectivity index (χ2n) is 4.06. The standard InChI is InChI=1S/C13H12N2O2/c1-9-7-16-12-3-2-10(6-11(9)12)17-13-4-5-14-8-15-13/h2-6,8-9H,7H2,1H3/t9-/m1/s1. The molecular weight excluding hydrogens is 216 g/mol. The molecule has 0 saturated carbocycles. The van der Waals surface area contributed by atoms with E-state index < -0.39 is 0 Å². The van der Waals surface area contributed by atoms with Crippen molar-refractivity contribution in [3.05, 3.63) is 42.4 Å². The molecule has 0 N–H and O–H groups in total. The van der Waals surface area contributed by atoms with Crippen LogP contribution in [-0.2, 0) is 0 Å². The van der Waals surface area contributed by atoms with E-state index in [1.54, 1.807) is 12.3 Å². The molecule has 0 amide bonds. The van der Waals surface area contributed by atoms with Gasteiger partial charge in [0.05, 0.1) is 6.61 Å². The maximum absolute atomic E-state index is 5.65. The molecule has 1 aromatic carbocycles. The summed E-state index contributed by atoms with van der Waals surface area (Å²) < 4.78 is 11.2. The Hall–Kier alpha value is -2.10. The number of hydrogen-bond acceptors (Lipinski definition) is 4. The van der Waals surface area contributed by atoms with Crippen LogP contribution in [0.15, 0.2) is 36.8 Å². The van der Waals surface area contributed by atoms with Crippen molar-refractivity contribution < 1.29 is 9.47 Å². The summed E-state index contributed by atoms with van der Waals surface area (Å²) in [4.78, 5) is 7.87. The van der Waals surface area contributed by atoms with E-state index in [4.69, 9.17) is 9.47 Å². The van der Waals surface area contributed by atoms with Crippen molar-refractivity contribution in [3.63, 3.8) is 0 Å². The molecule has 86 valence electrons. The number of aromatic nitrogens is 2. The van der Waals surface area contributed by atoms with E-state index in [2.05, 4.69) is 16.9 Å². The van der Waals surface area contributed by atoms with Crippen LogP contribution in [0.1, 0.15) is 18.4 Å². The van der Waals surface area contributed by atoms with Gasteiger partial charge in [-0.15, -0.1) is 0 Å². The minimum absolute atomic E-state index is 0.416. The lowest BCUT2D eigenvalue weighted by Crippen LogP contribution is -1.93. The van der Waals surface area contributed by atoms with Crippen LogP contribution in [0.3, 0.4) is 0 Å². The highest BCUT2D eigenvalue weighted by atomic mass is 16.5. The van der Waals surface area contributed by atoms with Gasteiger partial charge in [0.25, 0.3) is 0 Å². The van der Waals surface area contributed by atoms with Gasteiger partial charge in [0.2, 0.25) is 5.88 Å². The molecule has 0 aliphatic carbocycles. The van der Waals surface area contributed by atoms with Crippen LogP contribution in [0.4, 0.5) is 0 Å². The monoisotopic (exact) mass is 228 g/mol. The van der Waals surface area contributed by atoms with Crippen molar-refractivity contribution in [2.75, 3.05) is 6.61 Å². The maximum atomic E-state index is 5.65. The molecule has 3 rings (SSSR count). The molecule has 0 unspecified atom stereocenters. The summed E-state index contributed by atoms with van der Waals surface area (Å²) in [6, 6.07) is 7.57. The average molecular weight is 228 g/mol. The SMILES string of the molecule is C[C@@H]1COc2ccc(Oc3ccncn3)cc21. The highest BCUT2D eigenvalue weighted by molar-refractivity contribution is 5.45. The molecule has 17 heavy (non-hydrogen) atoms. The van der Waals surface area contributed by atoms with E-state index in [9.17, 15) is 0 Å². The summed E-state index contributed by atoms with van der Waals surface area (Å²) in [6.07, 6.45) is 3.12. The molecule has 1 aromatic heterocycles. The van der Waals surface area contributed by atoms with Gasteiger partial charge in [-0.1, -0.05) is 6.92 Å². The number of hydrogen-bond donors (Lipinski definition) is 0. The quantitative estimate of drug-likeness (QED) is 0.792. The molecule has 1 aliphatic rings. The molecule has 4 nitrogen and oxygen atoms in total. The Morgan fingerprint density at radius 2 is 2.29 bits per heavy atom. The molecule has 4 heteroatoms. The highest BCUT2D eigenvalue weighted by Crippen LogP contribution is 2.36. The van der Waals surface area contributed by atoms with Crippen molar-refractivity contribution in [2.24, 2.45) is 0 Å². The zero-order valence-electron chi connectivity index (χ0n) is 9.46. The van der Waals surface area contributed by atoms with Gasteiger partial charge in [-0.3, -0.25) is 0 Å². The lowest BCUT2D eigenvalue weighted by molar-refractivity contribution is 0.337. The smallest absolute Gasteiger partial charge is 0.222 e. The summed E-state index contributed by atoms with van der Waals surface area (Å²) in [5.74, 6) is 2.69. The number of ether oxygens (including phenoxy) is 2. The van der Waals surface area contributed by atoms with Gasteiger partial charge >= 0.3 is 0 Å². The average Bonchev–Trinajstić information content (AvgIpc) is 2.73. The summed E-state index contributed by atoms with van der Waals surface area (Å²) in [5, 5.41) is 0. The van der Waals surface area contributed by atoms with E-state index in [0.29, 0.717) is 11.8 Å². The Labute approximate surface area is 99.2 Å². The second kappa shape index (κ2) is 4.05. The Morgan fingerprint density at radius 1 is 1.35 bits per heavy atom. The van der Waals surface area contributed by atoms with Crippen LogP contribution in [-0.4, -0.2) is 16.6 Å². The lowest BCUT2D eigenvalue weighted by Gasteiger charge is -2.06. The van der Waals surface area contributed by atoms with Gasteiger partial charge in [0.15, 0.2) is 0 Å². The Balaban J connectivity index is 1.88. The van der Waals surface area contributed by atoms with Crippen LogP contribution in [0, 0.1) is 0 Å². The summed E-state index contributed by atoms with van der Waals surface area (Å²) >= 11 is 0. The zero-order valence-corrected chi connectivity index (χ0v) is 9.46. The van der Waals surface area contributed by atoms with E-state index in [1.165, 1.54) is 11.9 Å². The molecule has 2 heterocycles. The normalized spacial score (nSPS) is 17.4.